The number of carboxylic acid groups (broad SMARTS) is 1. The highest BCUT2D eigenvalue weighted by molar-refractivity contribution is 5.93. The van der Waals surface area contributed by atoms with Gasteiger partial charge in [-0.25, -0.2) is 0 Å². The number of carboxylic acids is 1. The number of nitrogens with zero attached hydrogens (tertiary/aromatic N) is 1. The second kappa shape index (κ2) is 7.22. The summed E-state index contributed by atoms with van der Waals surface area (Å²) in [5.74, 6) is -1.04. The summed E-state index contributed by atoms with van der Waals surface area (Å²) in [6, 6.07) is 7.78. The molecule has 0 heterocycles. The van der Waals surface area contributed by atoms with Gasteiger partial charge in [-0.05, 0) is 31.4 Å². The molecule has 2 rings (SSSR count). The molecule has 0 atom stereocenters. The second-order valence-electron chi connectivity index (χ2n) is 5.60. The Morgan fingerprint density at radius 2 is 1.90 bits per heavy atom. The van der Waals surface area contributed by atoms with Gasteiger partial charge >= 0.3 is 5.97 Å². The van der Waals surface area contributed by atoms with Gasteiger partial charge in [-0.3, -0.25) is 14.5 Å². The first-order chi connectivity index (χ1) is 10.1. The zero-order valence-electron chi connectivity index (χ0n) is 12.3. The van der Waals surface area contributed by atoms with Crippen LogP contribution >= 0.6 is 0 Å². The van der Waals surface area contributed by atoms with Crippen LogP contribution in [0, 0.1) is 6.92 Å². The molecule has 1 aromatic rings. The molecule has 0 aliphatic heterocycles. The topological polar surface area (TPSA) is 69.6 Å². The van der Waals surface area contributed by atoms with Crippen LogP contribution in [0.15, 0.2) is 24.3 Å². The fourth-order valence-electron chi connectivity index (χ4n) is 2.84. The third-order valence-electron chi connectivity index (χ3n) is 3.95. The molecule has 0 saturated heterocycles. The summed E-state index contributed by atoms with van der Waals surface area (Å²) in [5.41, 5.74) is 1.78. The summed E-state index contributed by atoms with van der Waals surface area (Å²) in [4.78, 5) is 24.9. The van der Waals surface area contributed by atoms with Gasteiger partial charge in [0.15, 0.2) is 0 Å². The van der Waals surface area contributed by atoms with E-state index in [9.17, 15) is 9.59 Å². The second-order valence-corrected chi connectivity index (χ2v) is 5.60. The first-order valence-corrected chi connectivity index (χ1v) is 7.37. The molecule has 1 aromatic carbocycles. The molecule has 5 nitrogen and oxygen atoms in total. The van der Waals surface area contributed by atoms with Crippen molar-refractivity contribution in [1.29, 1.82) is 0 Å². The fraction of sp³-hybridized carbons (Fsp3) is 0.500. The normalized spacial score (nSPS) is 15.3. The summed E-state index contributed by atoms with van der Waals surface area (Å²) >= 11 is 0. The van der Waals surface area contributed by atoms with Gasteiger partial charge in [0.1, 0.15) is 0 Å². The standard InChI is InChI=1S/C16H22N2O3/c1-12-6-2-5-9-14(12)17-15(19)10-18(11-16(20)21)13-7-3-4-8-13/h2,5-6,9,13H,3-4,7-8,10-11H2,1H3,(H,17,19)(H,20,21). The number of aryl methyl sites for hydroxylation is 1. The number of hydrogen-bond donors (Lipinski definition) is 2. The van der Waals surface area contributed by atoms with Gasteiger partial charge < -0.3 is 10.4 Å². The third-order valence-corrected chi connectivity index (χ3v) is 3.95. The number of para-hydroxylation sites is 1. The lowest BCUT2D eigenvalue weighted by molar-refractivity contribution is -0.139. The Kier molecular flexibility index (Phi) is 5.33. The van der Waals surface area contributed by atoms with Crippen LogP contribution in [0.3, 0.4) is 0 Å². The molecule has 21 heavy (non-hydrogen) atoms. The zero-order valence-corrected chi connectivity index (χ0v) is 12.3. The monoisotopic (exact) mass is 290 g/mol. The van der Waals surface area contributed by atoms with E-state index in [0.29, 0.717) is 0 Å². The summed E-state index contributed by atoms with van der Waals surface area (Å²) in [7, 11) is 0. The van der Waals surface area contributed by atoms with Crippen LogP contribution in [0.4, 0.5) is 5.69 Å². The minimum atomic E-state index is -0.884. The van der Waals surface area contributed by atoms with Crippen molar-refractivity contribution in [3.05, 3.63) is 29.8 Å². The molecule has 114 valence electrons. The average Bonchev–Trinajstić information content (AvgIpc) is 2.94. The van der Waals surface area contributed by atoms with Crippen molar-refractivity contribution in [2.45, 2.75) is 38.6 Å². The quantitative estimate of drug-likeness (QED) is 0.843. The van der Waals surface area contributed by atoms with Gasteiger partial charge in [-0.15, -0.1) is 0 Å². The van der Waals surface area contributed by atoms with Crippen LogP contribution in [0.1, 0.15) is 31.2 Å². The van der Waals surface area contributed by atoms with Gasteiger partial charge in [-0.2, -0.15) is 0 Å². The van der Waals surface area contributed by atoms with E-state index in [0.717, 1.165) is 36.9 Å². The number of rotatable bonds is 6. The Balaban J connectivity index is 1.97. The third kappa shape index (κ3) is 4.56. The van der Waals surface area contributed by atoms with E-state index < -0.39 is 5.97 Å². The van der Waals surface area contributed by atoms with Gasteiger partial charge in [0.05, 0.1) is 13.1 Å². The van der Waals surface area contributed by atoms with Gasteiger partial charge in [0.2, 0.25) is 5.91 Å². The van der Waals surface area contributed by atoms with Crippen molar-refractivity contribution >= 4 is 17.6 Å². The van der Waals surface area contributed by atoms with Crippen molar-refractivity contribution in [3.63, 3.8) is 0 Å². The predicted molar refractivity (Wildman–Crippen MR) is 81.3 cm³/mol. The Bertz CT molecular complexity index is 510. The molecule has 1 saturated carbocycles. The van der Waals surface area contributed by atoms with E-state index in [4.69, 9.17) is 5.11 Å². The summed E-state index contributed by atoms with van der Waals surface area (Å²) in [5, 5.41) is 11.9. The van der Waals surface area contributed by atoms with Crippen molar-refractivity contribution < 1.29 is 14.7 Å². The molecular weight excluding hydrogens is 268 g/mol. The SMILES string of the molecule is Cc1ccccc1NC(=O)CN(CC(=O)O)C1CCCC1. The van der Waals surface area contributed by atoms with Crippen LogP contribution in [-0.2, 0) is 9.59 Å². The molecule has 0 bridgehead atoms. The predicted octanol–water partition coefficient (Wildman–Crippen LogP) is 2.26. The number of carbonyl (C=O) groups excluding carboxylic acids is 1. The van der Waals surface area contributed by atoms with Crippen LogP contribution in [-0.4, -0.2) is 41.0 Å². The highest BCUT2D eigenvalue weighted by Crippen LogP contribution is 2.23. The highest BCUT2D eigenvalue weighted by Gasteiger charge is 2.26. The maximum Gasteiger partial charge on any atom is 0.317 e. The minimum Gasteiger partial charge on any atom is -0.480 e. The lowest BCUT2D eigenvalue weighted by atomic mass is 10.2. The number of carbonyl (C=O) groups is 2. The minimum absolute atomic E-state index is 0.0775. The molecular formula is C16H22N2O3. The smallest absolute Gasteiger partial charge is 0.317 e. The Labute approximate surface area is 125 Å². The number of benzene rings is 1. The van der Waals surface area contributed by atoms with E-state index in [2.05, 4.69) is 5.32 Å². The Morgan fingerprint density at radius 3 is 2.52 bits per heavy atom. The molecule has 5 heteroatoms. The van der Waals surface area contributed by atoms with Crippen molar-refractivity contribution in [2.75, 3.05) is 18.4 Å². The average molecular weight is 290 g/mol. The van der Waals surface area contributed by atoms with Gasteiger partial charge in [0.25, 0.3) is 0 Å². The maximum absolute atomic E-state index is 12.2. The van der Waals surface area contributed by atoms with Crippen molar-refractivity contribution in [3.8, 4) is 0 Å². The molecule has 0 spiro atoms. The zero-order chi connectivity index (χ0) is 15.2. The fourth-order valence-corrected chi connectivity index (χ4v) is 2.84. The molecule has 1 aliphatic carbocycles. The number of aliphatic carboxylic acids is 1. The Hall–Kier alpha value is -1.88. The van der Waals surface area contributed by atoms with Crippen LogP contribution in [0.25, 0.3) is 0 Å². The van der Waals surface area contributed by atoms with E-state index in [1.54, 1.807) is 4.90 Å². The van der Waals surface area contributed by atoms with E-state index in [1.807, 2.05) is 31.2 Å². The molecule has 1 amide bonds. The molecule has 2 N–H and O–H groups in total. The number of nitrogens with one attached hydrogen (secondary N) is 1. The van der Waals surface area contributed by atoms with Crippen molar-refractivity contribution in [2.24, 2.45) is 0 Å². The lowest BCUT2D eigenvalue weighted by Crippen LogP contribution is -2.42. The molecule has 1 fully saturated rings. The summed E-state index contributed by atoms with van der Waals surface area (Å²) < 4.78 is 0. The first-order valence-electron chi connectivity index (χ1n) is 7.37. The van der Waals surface area contributed by atoms with E-state index in [1.165, 1.54) is 0 Å². The summed E-state index contributed by atoms with van der Waals surface area (Å²) in [6.07, 6.45) is 4.18. The van der Waals surface area contributed by atoms with E-state index in [-0.39, 0.29) is 25.0 Å². The molecule has 1 aliphatic rings. The lowest BCUT2D eigenvalue weighted by Gasteiger charge is -2.26. The van der Waals surface area contributed by atoms with Crippen LogP contribution < -0.4 is 5.32 Å². The highest BCUT2D eigenvalue weighted by atomic mass is 16.4. The molecule has 0 aromatic heterocycles. The number of hydrogen-bond acceptors (Lipinski definition) is 3. The molecule has 0 unspecified atom stereocenters. The first kappa shape index (κ1) is 15.5. The van der Waals surface area contributed by atoms with Gasteiger partial charge in [-0.1, -0.05) is 31.0 Å². The largest absolute Gasteiger partial charge is 0.480 e. The number of anilines is 1. The van der Waals surface area contributed by atoms with E-state index >= 15 is 0 Å². The molecule has 0 radical (unpaired) electrons. The van der Waals surface area contributed by atoms with Crippen LogP contribution in [0.2, 0.25) is 0 Å². The Morgan fingerprint density at radius 1 is 1.24 bits per heavy atom. The van der Waals surface area contributed by atoms with Crippen molar-refractivity contribution in [1.82, 2.24) is 4.90 Å². The van der Waals surface area contributed by atoms with Crippen LogP contribution in [0.5, 0.6) is 0 Å². The number of amides is 1. The summed E-state index contributed by atoms with van der Waals surface area (Å²) in [6.45, 7) is 1.98. The maximum atomic E-state index is 12.2. The van der Waals surface area contributed by atoms with Gasteiger partial charge in [0, 0.05) is 11.7 Å².